The van der Waals surface area contributed by atoms with E-state index in [4.69, 9.17) is 0 Å². The number of carbonyl (C=O) groups is 1. The van der Waals surface area contributed by atoms with Crippen LogP contribution in [-0.2, 0) is 14.8 Å². The summed E-state index contributed by atoms with van der Waals surface area (Å²) >= 11 is 1.16. The first-order chi connectivity index (χ1) is 12.3. The zero-order valence-electron chi connectivity index (χ0n) is 15.0. The van der Waals surface area contributed by atoms with Gasteiger partial charge in [0, 0.05) is 24.2 Å². The molecule has 0 bridgehead atoms. The largest absolute Gasteiger partial charge is 0.309 e. The number of sulfonamides is 1. The van der Waals surface area contributed by atoms with Crippen LogP contribution >= 0.6 is 11.3 Å². The van der Waals surface area contributed by atoms with Crippen molar-refractivity contribution in [3.63, 3.8) is 0 Å². The number of nitrogens with one attached hydrogen (secondary N) is 1. The van der Waals surface area contributed by atoms with Gasteiger partial charge in [-0.3, -0.25) is 4.79 Å². The van der Waals surface area contributed by atoms with E-state index in [2.05, 4.69) is 15.3 Å². The van der Waals surface area contributed by atoms with Crippen molar-refractivity contribution in [1.29, 1.82) is 0 Å². The molecule has 26 heavy (non-hydrogen) atoms. The summed E-state index contributed by atoms with van der Waals surface area (Å²) < 4.78 is 27.1. The van der Waals surface area contributed by atoms with E-state index in [1.165, 1.54) is 4.31 Å². The first-order valence-corrected chi connectivity index (χ1v) is 10.8. The SMILES string of the molecule is Cc1cc(NC(=O)C2CCCN2S(=O)(=O)c2cccs2)nc(C(C)C)n1. The van der Waals surface area contributed by atoms with Gasteiger partial charge in [0.05, 0.1) is 0 Å². The van der Waals surface area contributed by atoms with Crippen molar-refractivity contribution in [1.82, 2.24) is 14.3 Å². The van der Waals surface area contributed by atoms with Gasteiger partial charge in [0.25, 0.3) is 10.0 Å². The van der Waals surface area contributed by atoms with Crippen LogP contribution in [0.1, 0.15) is 44.1 Å². The van der Waals surface area contributed by atoms with Gasteiger partial charge in [-0.25, -0.2) is 18.4 Å². The lowest BCUT2D eigenvalue weighted by Crippen LogP contribution is -2.43. The van der Waals surface area contributed by atoms with Gasteiger partial charge in [0.1, 0.15) is 21.9 Å². The molecule has 1 aliphatic heterocycles. The van der Waals surface area contributed by atoms with Gasteiger partial charge in [-0.2, -0.15) is 4.31 Å². The Bertz CT molecular complexity index is 895. The number of hydrogen-bond acceptors (Lipinski definition) is 6. The molecule has 140 valence electrons. The van der Waals surface area contributed by atoms with E-state index in [0.29, 0.717) is 31.0 Å². The molecule has 1 saturated heterocycles. The molecule has 1 atom stereocenters. The summed E-state index contributed by atoms with van der Waals surface area (Å²) in [4.78, 5) is 21.5. The van der Waals surface area contributed by atoms with Gasteiger partial charge in [0.15, 0.2) is 0 Å². The van der Waals surface area contributed by atoms with E-state index in [0.717, 1.165) is 17.0 Å². The molecule has 0 aromatic carbocycles. The molecular weight excluding hydrogens is 372 g/mol. The summed E-state index contributed by atoms with van der Waals surface area (Å²) in [5, 5.41) is 4.49. The van der Waals surface area contributed by atoms with E-state index < -0.39 is 16.1 Å². The first kappa shape index (κ1) is 18.9. The predicted octanol–water partition coefficient (Wildman–Crippen LogP) is 2.76. The molecular formula is C17H22N4O3S2. The van der Waals surface area contributed by atoms with Gasteiger partial charge >= 0.3 is 0 Å². The molecule has 3 heterocycles. The Balaban J connectivity index is 1.81. The van der Waals surface area contributed by atoms with Gasteiger partial charge in [-0.15, -0.1) is 11.3 Å². The number of rotatable bonds is 5. The second-order valence-corrected chi connectivity index (χ2v) is 9.67. The van der Waals surface area contributed by atoms with Crippen molar-refractivity contribution in [2.45, 2.75) is 49.8 Å². The third-order valence-corrected chi connectivity index (χ3v) is 7.48. The molecule has 0 radical (unpaired) electrons. The second kappa shape index (κ2) is 7.42. The third-order valence-electron chi connectivity index (χ3n) is 4.20. The number of thiophene rings is 1. The minimum Gasteiger partial charge on any atom is -0.309 e. The lowest BCUT2D eigenvalue weighted by Gasteiger charge is -2.22. The Morgan fingerprint density at radius 3 is 2.81 bits per heavy atom. The van der Waals surface area contributed by atoms with Gasteiger partial charge < -0.3 is 5.32 Å². The van der Waals surface area contributed by atoms with E-state index >= 15 is 0 Å². The minimum absolute atomic E-state index is 0.132. The smallest absolute Gasteiger partial charge is 0.253 e. The summed E-state index contributed by atoms with van der Waals surface area (Å²) in [6.45, 7) is 6.14. The lowest BCUT2D eigenvalue weighted by atomic mass is 10.2. The van der Waals surface area contributed by atoms with Crippen molar-refractivity contribution in [2.75, 3.05) is 11.9 Å². The van der Waals surface area contributed by atoms with Gasteiger partial charge in [-0.05, 0) is 31.2 Å². The number of carbonyl (C=O) groups excluding carboxylic acids is 1. The first-order valence-electron chi connectivity index (χ1n) is 8.51. The van der Waals surface area contributed by atoms with Crippen molar-refractivity contribution in [3.8, 4) is 0 Å². The topological polar surface area (TPSA) is 92.3 Å². The molecule has 7 nitrogen and oxygen atoms in total. The summed E-state index contributed by atoms with van der Waals surface area (Å²) in [5.41, 5.74) is 0.758. The molecule has 0 saturated carbocycles. The third kappa shape index (κ3) is 3.79. The fourth-order valence-corrected chi connectivity index (χ4v) is 5.71. The maximum absolute atomic E-state index is 12.8. The molecule has 1 amide bonds. The standard InChI is InChI=1S/C17H22N4O3S2/c1-11(2)16-18-12(3)10-14(19-16)20-17(22)13-6-4-8-21(13)26(23,24)15-7-5-9-25-15/h5,7,9-11,13H,4,6,8H2,1-3H3,(H,18,19,20,22). The zero-order valence-corrected chi connectivity index (χ0v) is 16.6. The van der Waals surface area contributed by atoms with Crippen LogP contribution in [0.5, 0.6) is 0 Å². The highest BCUT2D eigenvalue weighted by molar-refractivity contribution is 7.91. The monoisotopic (exact) mass is 394 g/mol. The molecule has 0 spiro atoms. The Kier molecular flexibility index (Phi) is 5.40. The normalized spacial score (nSPS) is 18.4. The minimum atomic E-state index is -3.65. The van der Waals surface area contributed by atoms with Crippen LogP contribution in [0.3, 0.4) is 0 Å². The van der Waals surface area contributed by atoms with Crippen molar-refractivity contribution in [3.05, 3.63) is 35.1 Å². The average Bonchev–Trinajstić information content (AvgIpc) is 3.26. The number of nitrogens with zero attached hydrogens (tertiary/aromatic N) is 3. The maximum atomic E-state index is 12.8. The van der Waals surface area contributed by atoms with E-state index in [1.807, 2.05) is 20.8 Å². The van der Waals surface area contributed by atoms with Crippen molar-refractivity contribution in [2.24, 2.45) is 0 Å². The van der Waals surface area contributed by atoms with Crippen LogP contribution < -0.4 is 5.32 Å². The second-order valence-electron chi connectivity index (χ2n) is 6.60. The maximum Gasteiger partial charge on any atom is 0.253 e. The number of aryl methyl sites for hydroxylation is 1. The average molecular weight is 395 g/mol. The van der Waals surface area contributed by atoms with Gasteiger partial charge in [0.2, 0.25) is 5.91 Å². The van der Waals surface area contributed by atoms with Crippen LogP contribution in [0, 0.1) is 6.92 Å². The molecule has 1 unspecified atom stereocenters. The van der Waals surface area contributed by atoms with E-state index in [-0.39, 0.29) is 16.0 Å². The molecule has 1 aliphatic rings. The van der Waals surface area contributed by atoms with Crippen LogP contribution in [0.2, 0.25) is 0 Å². The van der Waals surface area contributed by atoms with E-state index in [1.54, 1.807) is 23.6 Å². The lowest BCUT2D eigenvalue weighted by molar-refractivity contribution is -0.119. The quantitative estimate of drug-likeness (QED) is 0.842. The van der Waals surface area contributed by atoms with Crippen LogP contribution in [-0.4, -0.2) is 41.2 Å². The number of amides is 1. The van der Waals surface area contributed by atoms with Gasteiger partial charge in [-0.1, -0.05) is 19.9 Å². The number of hydrogen-bond donors (Lipinski definition) is 1. The molecule has 2 aromatic heterocycles. The van der Waals surface area contributed by atoms with Crippen molar-refractivity contribution < 1.29 is 13.2 Å². The Labute approximate surface area is 157 Å². The fraction of sp³-hybridized carbons (Fsp3) is 0.471. The Hall–Kier alpha value is -1.84. The highest BCUT2D eigenvalue weighted by Gasteiger charge is 2.40. The summed E-state index contributed by atoms with van der Waals surface area (Å²) in [7, 11) is -3.65. The Morgan fingerprint density at radius 1 is 1.38 bits per heavy atom. The zero-order chi connectivity index (χ0) is 18.9. The van der Waals surface area contributed by atoms with E-state index in [9.17, 15) is 13.2 Å². The van der Waals surface area contributed by atoms with Crippen LogP contribution in [0.25, 0.3) is 0 Å². The molecule has 9 heteroatoms. The Morgan fingerprint density at radius 2 is 2.15 bits per heavy atom. The molecule has 3 rings (SSSR count). The summed E-state index contributed by atoms with van der Waals surface area (Å²) in [6.07, 6.45) is 1.15. The number of aromatic nitrogens is 2. The van der Waals surface area contributed by atoms with Crippen LogP contribution in [0.4, 0.5) is 5.82 Å². The van der Waals surface area contributed by atoms with Crippen LogP contribution in [0.15, 0.2) is 27.8 Å². The molecule has 1 N–H and O–H groups in total. The highest BCUT2D eigenvalue weighted by atomic mass is 32.2. The fourth-order valence-electron chi connectivity index (χ4n) is 2.94. The number of anilines is 1. The molecule has 0 aliphatic carbocycles. The summed E-state index contributed by atoms with van der Waals surface area (Å²) in [5.74, 6) is 0.838. The summed E-state index contributed by atoms with van der Waals surface area (Å²) in [6, 6.07) is 4.23. The molecule has 1 fully saturated rings. The van der Waals surface area contributed by atoms with Crippen molar-refractivity contribution >= 4 is 33.1 Å². The highest BCUT2D eigenvalue weighted by Crippen LogP contribution is 2.29. The predicted molar refractivity (Wildman–Crippen MR) is 101 cm³/mol. The molecule has 2 aromatic rings.